The highest BCUT2D eigenvalue weighted by molar-refractivity contribution is 6.31. The molecule has 5 aromatic rings. The molecule has 3 amide bonds. The van der Waals surface area contributed by atoms with Crippen LogP contribution in [0.15, 0.2) is 62.8 Å². The van der Waals surface area contributed by atoms with Crippen LogP contribution in [0.1, 0.15) is 105 Å². The Kier molecular flexibility index (Phi) is 13.3. The zero-order valence-corrected chi connectivity index (χ0v) is 35.1. The molecule has 0 spiro atoms. The van der Waals surface area contributed by atoms with Crippen LogP contribution in [0, 0.1) is 11.6 Å². The monoisotopic (exact) mass is 881 g/mol. The van der Waals surface area contributed by atoms with Crippen LogP contribution in [-0.2, 0) is 39.3 Å². The van der Waals surface area contributed by atoms with Crippen molar-refractivity contribution in [2.75, 3.05) is 13.1 Å². The van der Waals surface area contributed by atoms with Crippen LogP contribution in [0.3, 0.4) is 0 Å². The third kappa shape index (κ3) is 8.90. The zero-order valence-electron chi connectivity index (χ0n) is 33.6. The first kappa shape index (κ1) is 44.5. The summed E-state index contributed by atoms with van der Waals surface area (Å²) in [6.45, 7) is 8.94. The highest BCUT2D eigenvalue weighted by atomic mass is 35.5. The fourth-order valence-corrected chi connectivity index (χ4v) is 8.03. The van der Waals surface area contributed by atoms with Gasteiger partial charge in [-0.2, -0.15) is 0 Å². The van der Waals surface area contributed by atoms with Crippen LogP contribution >= 0.6 is 23.2 Å². The fourth-order valence-electron chi connectivity index (χ4n) is 7.62. The molecule has 5 N–H and O–H groups in total. The fraction of sp³-hybridized carbons (Fsp3) is 0.333. The number of carbonyl (C=O) groups is 3. The lowest BCUT2D eigenvalue weighted by Gasteiger charge is -2.33. The molecule has 0 radical (unpaired) electrons. The summed E-state index contributed by atoms with van der Waals surface area (Å²) in [6.07, 6.45) is 1.27. The van der Waals surface area contributed by atoms with Gasteiger partial charge >= 0.3 is 0 Å². The molecule has 7 rings (SSSR count). The van der Waals surface area contributed by atoms with Crippen molar-refractivity contribution in [3.05, 3.63) is 142 Å². The van der Waals surface area contributed by atoms with E-state index in [0.29, 0.717) is 46.7 Å². The van der Waals surface area contributed by atoms with Crippen molar-refractivity contribution in [2.45, 2.75) is 78.8 Å². The van der Waals surface area contributed by atoms with Gasteiger partial charge in [0.25, 0.3) is 17.7 Å². The van der Waals surface area contributed by atoms with Crippen molar-refractivity contribution < 1.29 is 37.9 Å². The maximum absolute atomic E-state index is 13.5. The number of rotatable bonds is 10. The first-order chi connectivity index (χ1) is 28.9. The quantitative estimate of drug-likeness (QED) is 0.136. The van der Waals surface area contributed by atoms with Gasteiger partial charge in [0, 0.05) is 74.4 Å². The summed E-state index contributed by atoms with van der Waals surface area (Å²) in [7, 11) is 0. The van der Waals surface area contributed by atoms with Crippen LogP contribution in [0.25, 0.3) is 0 Å². The molecule has 322 valence electrons. The predicted molar refractivity (Wildman–Crippen MR) is 221 cm³/mol. The average molecular weight is 883 g/mol. The Morgan fingerprint density at radius 3 is 1.64 bits per heavy atom. The summed E-state index contributed by atoms with van der Waals surface area (Å²) >= 11 is 11.7. The van der Waals surface area contributed by atoms with E-state index >= 15 is 0 Å². The molecule has 3 aromatic heterocycles. The van der Waals surface area contributed by atoms with Crippen molar-refractivity contribution >= 4 is 40.9 Å². The SMILES string of the molecule is CC(C)c1c(CN)n2c(c(O)c1=O)C(=O)N(Cc1ccc(F)c(Cl)c1)CC2.CC(C)c1c(CNC(=O)c2ccon2)n2c(c(O)c1=O)C(=O)N(Cc1ccc(F)c(Cl)c1)CC2. The van der Waals surface area contributed by atoms with Gasteiger partial charge in [0.1, 0.15) is 17.9 Å². The van der Waals surface area contributed by atoms with Gasteiger partial charge in [-0.15, -0.1) is 0 Å². The summed E-state index contributed by atoms with van der Waals surface area (Å²) in [4.78, 5) is 67.2. The molecule has 2 aliphatic rings. The van der Waals surface area contributed by atoms with Gasteiger partial charge in [-0.1, -0.05) is 68.2 Å². The van der Waals surface area contributed by atoms with E-state index in [1.807, 2.05) is 13.8 Å². The Hall–Kier alpha value is -6.04. The molecule has 5 heterocycles. The van der Waals surface area contributed by atoms with Gasteiger partial charge in [-0.25, -0.2) is 8.78 Å². The normalized spacial score (nSPS) is 13.6. The standard InChI is InChI=1S/C23H22ClFN4O5.C19H21ClFN3O3/c1-12(2)18-17(10-26-22(32)16-5-8-34-27-16)29-7-6-28(23(33)19(29)21(31)20(18)30)11-13-3-4-15(25)14(24)9-13;1-10(2)15-14(8-22)24-6-5-23(19(27)16(24)18(26)17(15)25)9-11-3-4-13(21)12(20)7-11/h3-5,8-9,12,31H,6-7,10-11H2,1-2H3,(H,26,32);3-4,7,10,26H,5-6,8-9,22H2,1-2H3. The molecular weight excluding hydrogens is 839 g/mol. The maximum Gasteiger partial charge on any atom is 0.274 e. The molecule has 15 nitrogen and oxygen atoms in total. The molecule has 2 aromatic carbocycles. The first-order valence-electron chi connectivity index (χ1n) is 19.3. The number of benzene rings is 2. The van der Waals surface area contributed by atoms with Crippen LogP contribution in [0.2, 0.25) is 10.0 Å². The zero-order chi connectivity index (χ0) is 44.4. The third-order valence-corrected chi connectivity index (χ3v) is 11.1. The summed E-state index contributed by atoms with van der Waals surface area (Å²) in [5, 5.41) is 27.3. The number of aromatic hydroxyl groups is 2. The van der Waals surface area contributed by atoms with E-state index in [4.69, 9.17) is 28.9 Å². The number of aromatic nitrogens is 3. The van der Waals surface area contributed by atoms with Gasteiger partial charge in [0.2, 0.25) is 10.9 Å². The number of halogens is 4. The van der Waals surface area contributed by atoms with E-state index in [-0.39, 0.29) is 78.2 Å². The number of hydrogen-bond donors (Lipinski definition) is 4. The molecule has 61 heavy (non-hydrogen) atoms. The molecular formula is C42H43Cl2F2N7O8. The molecule has 0 bridgehead atoms. The Bertz CT molecular complexity index is 2650. The van der Waals surface area contributed by atoms with Crippen LogP contribution in [0.4, 0.5) is 8.78 Å². The van der Waals surface area contributed by atoms with E-state index in [1.165, 1.54) is 52.5 Å². The average Bonchev–Trinajstić information content (AvgIpc) is 3.77. The van der Waals surface area contributed by atoms with Crippen molar-refractivity contribution in [1.82, 2.24) is 29.4 Å². The Balaban J connectivity index is 0.000000210. The second-order valence-corrected chi connectivity index (χ2v) is 15.9. The lowest BCUT2D eigenvalue weighted by atomic mass is 9.97. The van der Waals surface area contributed by atoms with Gasteiger partial charge < -0.3 is 44.7 Å². The maximum atomic E-state index is 13.5. The molecule has 0 aliphatic carbocycles. The van der Waals surface area contributed by atoms with Gasteiger partial charge in [-0.3, -0.25) is 24.0 Å². The van der Waals surface area contributed by atoms with Crippen molar-refractivity contribution in [3.63, 3.8) is 0 Å². The van der Waals surface area contributed by atoms with Crippen molar-refractivity contribution in [1.29, 1.82) is 0 Å². The van der Waals surface area contributed by atoms with Crippen LogP contribution in [0.5, 0.6) is 11.5 Å². The predicted octanol–water partition coefficient (Wildman–Crippen LogP) is 5.63. The molecule has 2 aliphatic heterocycles. The molecule has 0 atom stereocenters. The first-order valence-corrected chi connectivity index (χ1v) is 20.0. The number of carbonyl (C=O) groups excluding carboxylic acids is 3. The topological polar surface area (TPSA) is 206 Å². The Labute approximate surface area is 357 Å². The molecule has 0 unspecified atom stereocenters. The second kappa shape index (κ2) is 18.3. The van der Waals surface area contributed by atoms with E-state index in [0.717, 1.165) is 0 Å². The minimum atomic E-state index is -0.660. The number of pyridine rings is 2. The van der Waals surface area contributed by atoms with Crippen molar-refractivity contribution in [2.24, 2.45) is 5.73 Å². The summed E-state index contributed by atoms with van der Waals surface area (Å²) in [5.41, 5.74) is 7.51. The van der Waals surface area contributed by atoms with Crippen LogP contribution < -0.4 is 21.9 Å². The lowest BCUT2D eigenvalue weighted by Crippen LogP contribution is -2.43. The number of hydrogen-bond acceptors (Lipinski definition) is 10. The molecule has 19 heteroatoms. The summed E-state index contributed by atoms with van der Waals surface area (Å²) in [5.74, 6) is -4.22. The van der Waals surface area contributed by atoms with Gasteiger partial charge in [0.15, 0.2) is 28.6 Å². The largest absolute Gasteiger partial charge is 0.503 e. The number of fused-ring (bicyclic) bond motifs is 2. The van der Waals surface area contributed by atoms with E-state index in [2.05, 4.69) is 15.0 Å². The number of nitrogens with zero attached hydrogens (tertiary/aromatic N) is 5. The number of nitrogens with two attached hydrogens (primary N) is 1. The summed E-state index contributed by atoms with van der Waals surface area (Å²) < 4.78 is 34.7. The van der Waals surface area contributed by atoms with Gasteiger partial charge in [-0.05, 0) is 47.2 Å². The second-order valence-electron chi connectivity index (χ2n) is 15.1. The summed E-state index contributed by atoms with van der Waals surface area (Å²) in [6, 6.07) is 9.81. The molecule has 0 saturated carbocycles. The minimum absolute atomic E-state index is 0.0246. The Morgan fingerprint density at radius 1 is 0.770 bits per heavy atom. The van der Waals surface area contributed by atoms with Crippen LogP contribution in [-0.4, -0.2) is 65.1 Å². The number of amides is 3. The highest BCUT2D eigenvalue weighted by Crippen LogP contribution is 2.30. The lowest BCUT2D eigenvalue weighted by molar-refractivity contribution is 0.0673. The highest BCUT2D eigenvalue weighted by Gasteiger charge is 2.35. The van der Waals surface area contributed by atoms with E-state index < -0.39 is 51.7 Å². The van der Waals surface area contributed by atoms with Gasteiger partial charge in [0.05, 0.1) is 16.6 Å². The minimum Gasteiger partial charge on any atom is -0.503 e. The molecule has 0 saturated heterocycles. The third-order valence-electron chi connectivity index (χ3n) is 10.5. The Morgan fingerprint density at radius 2 is 1.23 bits per heavy atom. The van der Waals surface area contributed by atoms with E-state index in [1.54, 1.807) is 29.0 Å². The van der Waals surface area contributed by atoms with E-state index in [9.17, 15) is 43.0 Å². The number of nitrogens with one attached hydrogen (secondary N) is 1. The smallest absolute Gasteiger partial charge is 0.274 e. The van der Waals surface area contributed by atoms with Crippen molar-refractivity contribution in [3.8, 4) is 11.5 Å². The molecule has 0 fully saturated rings.